The molecule has 0 aromatic heterocycles. The number of hydrogen-bond acceptors (Lipinski definition) is 4. The van der Waals surface area contributed by atoms with Crippen LogP contribution < -0.4 is 0 Å². The van der Waals surface area contributed by atoms with E-state index in [2.05, 4.69) is 6.92 Å². The molecule has 0 rings (SSSR count). The molecule has 0 heterocycles. The van der Waals surface area contributed by atoms with Crippen molar-refractivity contribution in [1.82, 2.24) is 0 Å². The number of unbranched alkanes of at least 4 members (excludes halogenated alkanes) is 2. The van der Waals surface area contributed by atoms with E-state index in [1.54, 1.807) is 11.8 Å². The van der Waals surface area contributed by atoms with Crippen LogP contribution in [0.1, 0.15) is 32.6 Å². The van der Waals surface area contributed by atoms with Gasteiger partial charge in [-0.3, -0.25) is 0 Å². The maximum atomic E-state index is 8.52. The van der Waals surface area contributed by atoms with E-state index in [0.717, 1.165) is 31.1 Å². The van der Waals surface area contributed by atoms with Gasteiger partial charge in [-0.2, -0.15) is 0 Å². The average molecular weight is 238 g/mol. The molecule has 0 amide bonds. The Bertz CT molecular complexity index is 90.1. The third kappa shape index (κ3) is 12.6. The summed E-state index contributed by atoms with van der Waals surface area (Å²) in [5, 5.41) is 8.52. The van der Waals surface area contributed by atoms with Gasteiger partial charge in [0, 0.05) is 6.61 Å². The maximum absolute atomic E-state index is 8.52. The number of ether oxygens (including phenoxy) is 1. The third-order valence-corrected chi connectivity index (χ3v) is 3.40. The van der Waals surface area contributed by atoms with Crippen LogP contribution >= 0.6 is 23.5 Å². The van der Waals surface area contributed by atoms with Crippen molar-refractivity contribution in [2.75, 3.05) is 30.0 Å². The molecule has 0 aromatic carbocycles. The van der Waals surface area contributed by atoms with Gasteiger partial charge in [0.05, 0.1) is 11.9 Å². The molecule has 0 aromatic rings. The predicted octanol–water partition coefficient (Wildman–Crippen LogP) is 2.96. The zero-order valence-corrected chi connectivity index (χ0v) is 10.7. The first-order chi connectivity index (χ1) is 6.91. The maximum Gasteiger partial charge on any atom is 0.0920 e. The number of aliphatic hydroxyl groups is 1. The summed E-state index contributed by atoms with van der Waals surface area (Å²) in [4.78, 5) is 0. The van der Waals surface area contributed by atoms with Gasteiger partial charge in [-0.25, -0.2) is 0 Å². The van der Waals surface area contributed by atoms with Gasteiger partial charge in [0.1, 0.15) is 0 Å². The van der Waals surface area contributed by atoms with Gasteiger partial charge < -0.3 is 9.84 Å². The quantitative estimate of drug-likeness (QED) is 0.443. The van der Waals surface area contributed by atoms with Crippen molar-refractivity contribution in [2.45, 2.75) is 32.6 Å². The first-order valence-electron chi connectivity index (χ1n) is 5.26. The van der Waals surface area contributed by atoms with Gasteiger partial charge >= 0.3 is 0 Å². The molecule has 2 nitrogen and oxygen atoms in total. The Morgan fingerprint density at radius 3 is 2.57 bits per heavy atom. The number of thioether (sulfide) groups is 2. The summed E-state index contributed by atoms with van der Waals surface area (Å²) in [6, 6.07) is 0. The fourth-order valence-corrected chi connectivity index (χ4v) is 2.28. The Kier molecular flexibility index (Phi) is 14.2. The highest BCUT2D eigenvalue weighted by atomic mass is 32.2. The van der Waals surface area contributed by atoms with Crippen molar-refractivity contribution >= 4 is 23.5 Å². The second kappa shape index (κ2) is 13.6. The SMILES string of the molecule is CCCCSCOCCCCSCO. The van der Waals surface area contributed by atoms with Crippen molar-refractivity contribution < 1.29 is 9.84 Å². The van der Waals surface area contributed by atoms with E-state index in [1.165, 1.54) is 18.6 Å². The Morgan fingerprint density at radius 1 is 1.07 bits per heavy atom. The molecule has 0 saturated carbocycles. The van der Waals surface area contributed by atoms with E-state index in [-0.39, 0.29) is 5.94 Å². The minimum Gasteiger partial charge on any atom is -0.386 e. The molecule has 0 spiro atoms. The van der Waals surface area contributed by atoms with E-state index in [1.807, 2.05) is 11.8 Å². The van der Waals surface area contributed by atoms with E-state index in [4.69, 9.17) is 9.84 Å². The molecule has 4 heteroatoms. The minimum absolute atomic E-state index is 0.244. The molecule has 0 bridgehead atoms. The van der Waals surface area contributed by atoms with Crippen LogP contribution in [0.5, 0.6) is 0 Å². The topological polar surface area (TPSA) is 29.5 Å². The standard InChI is InChI=1S/C10H22O2S2/c1-2-3-7-14-10-12-6-4-5-8-13-9-11/h11H,2-10H2,1H3. The van der Waals surface area contributed by atoms with E-state index in [0.29, 0.717) is 0 Å². The third-order valence-electron chi connectivity index (χ3n) is 1.73. The molecular formula is C10H22O2S2. The number of rotatable bonds is 11. The molecule has 0 radical (unpaired) electrons. The lowest BCUT2D eigenvalue weighted by Crippen LogP contribution is -1.95. The highest BCUT2D eigenvalue weighted by Crippen LogP contribution is 2.06. The van der Waals surface area contributed by atoms with Crippen LogP contribution in [0.3, 0.4) is 0 Å². The molecular weight excluding hydrogens is 216 g/mol. The van der Waals surface area contributed by atoms with Gasteiger partial charge in [-0.1, -0.05) is 13.3 Å². The highest BCUT2D eigenvalue weighted by Gasteiger charge is 1.91. The molecule has 0 saturated heterocycles. The first kappa shape index (κ1) is 14.6. The lowest BCUT2D eigenvalue weighted by atomic mass is 10.4. The molecule has 86 valence electrons. The summed E-state index contributed by atoms with van der Waals surface area (Å²) < 4.78 is 5.45. The monoisotopic (exact) mass is 238 g/mol. The smallest absolute Gasteiger partial charge is 0.0920 e. The van der Waals surface area contributed by atoms with Crippen molar-refractivity contribution in [3.8, 4) is 0 Å². The van der Waals surface area contributed by atoms with Crippen molar-refractivity contribution in [3.63, 3.8) is 0 Å². The second-order valence-corrected chi connectivity index (χ2v) is 5.16. The van der Waals surface area contributed by atoms with Gasteiger partial charge in [0.15, 0.2) is 0 Å². The summed E-state index contributed by atoms with van der Waals surface area (Å²) >= 11 is 3.46. The molecule has 0 atom stereocenters. The van der Waals surface area contributed by atoms with Crippen LogP contribution in [-0.2, 0) is 4.74 Å². The van der Waals surface area contributed by atoms with Gasteiger partial charge in [-0.15, -0.1) is 23.5 Å². The summed E-state index contributed by atoms with van der Waals surface area (Å²) in [7, 11) is 0. The van der Waals surface area contributed by atoms with Crippen LogP contribution in [0, 0.1) is 0 Å². The highest BCUT2D eigenvalue weighted by molar-refractivity contribution is 7.99. The van der Waals surface area contributed by atoms with Gasteiger partial charge in [0.2, 0.25) is 0 Å². The Morgan fingerprint density at radius 2 is 1.86 bits per heavy atom. The van der Waals surface area contributed by atoms with Gasteiger partial charge in [0.25, 0.3) is 0 Å². The van der Waals surface area contributed by atoms with E-state index >= 15 is 0 Å². The van der Waals surface area contributed by atoms with Gasteiger partial charge in [-0.05, 0) is 30.8 Å². The molecule has 14 heavy (non-hydrogen) atoms. The van der Waals surface area contributed by atoms with E-state index in [9.17, 15) is 0 Å². The van der Waals surface area contributed by atoms with Crippen LogP contribution in [0.2, 0.25) is 0 Å². The molecule has 0 aliphatic carbocycles. The normalized spacial score (nSPS) is 10.7. The fraction of sp³-hybridized carbons (Fsp3) is 1.00. The molecule has 0 aliphatic rings. The summed E-state index contributed by atoms with van der Waals surface area (Å²) in [6.45, 7) is 3.07. The van der Waals surface area contributed by atoms with Crippen molar-refractivity contribution in [2.24, 2.45) is 0 Å². The lowest BCUT2D eigenvalue weighted by Gasteiger charge is -2.03. The summed E-state index contributed by atoms with van der Waals surface area (Å²) in [5.41, 5.74) is 0. The molecule has 1 N–H and O–H groups in total. The van der Waals surface area contributed by atoms with Crippen LogP contribution in [0.15, 0.2) is 0 Å². The molecule has 0 aliphatic heterocycles. The largest absolute Gasteiger partial charge is 0.386 e. The summed E-state index contributed by atoms with van der Waals surface area (Å²) in [5.74, 6) is 3.35. The molecule has 0 unspecified atom stereocenters. The fourth-order valence-electron chi connectivity index (χ4n) is 0.896. The Hall–Kier alpha value is 0.620. The predicted molar refractivity (Wildman–Crippen MR) is 67.0 cm³/mol. The zero-order valence-electron chi connectivity index (χ0n) is 9.04. The zero-order chi connectivity index (χ0) is 10.5. The molecule has 0 fully saturated rings. The summed E-state index contributed by atoms with van der Waals surface area (Å²) in [6.07, 6.45) is 4.82. The Labute approximate surface area is 96.2 Å². The van der Waals surface area contributed by atoms with Crippen LogP contribution in [0.4, 0.5) is 0 Å². The minimum atomic E-state index is 0.244. The first-order valence-corrected chi connectivity index (χ1v) is 7.56. The van der Waals surface area contributed by atoms with Crippen molar-refractivity contribution in [1.29, 1.82) is 0 Å². The second-order valence-electron chi connectivity index (χ2n) is 3.03. The van der Waals surface area contributed by atoms with Crippen LogP contribution in [-0.4, -0.2) is 35.1 Å². The number of hydrogen-bond donors (Lipinski definition) is 1. The van der Waals surface area contributed by atoms with E-state index < -0.39 is 0 Å². The Balaban J connectivity index is 2.78. The number of aliphatic hydroxyl groups excluding tert-OH is 1. The van der Waals surface area contributed by atoms with Crippen LogP contribution in [0.25, 0.3) is 0 Å². The lowest BCUT2D eigenvalue weighted by molar-refractivity contribution is 0.179. The average Bonchev–Trinajstić information content (AvgIpc) is 2.21. The van der Waals surface area contributed by atoms with Crippen molar-refractivity contribution in [3.05, 3.63) is 0 Å².